The molecule has 0 aliphatic rings. The lowest BCUT2D eigenvalue weighted by Gasteiger charge is -2.06. The van der Waals surface area contributed by atoms with Gasteiger partial charge in [0.05, 0.1) is 25.6 Å². The zero-order chi connectivity index (χ0) is 20.1. The van der Waals surface area contributed by atoms with Crippen LogP contribution in [0.15, 0.2) is 53.6 Å². The molecule has 8 nitrogen and oxygen atoms in total. The van der Waals surface area contributed by atoms with Gasteiger partial charge in [0.15, 0.2) is 11.5 Å². The predicted octanol–water partition coefficient (Wildman–Crippen LogP) is 2.95. The molecule has 0 spiro atoms. The van der Waals surface area contributed by atoms with E-state index in [4.69, 9.17) is 9.47 Å². The molecular formula is C20H20N4O4. The van der Waals surface area contributed by atoms with Crippen LogP contribution in [0.4, 0.5) is 0 Å². The van der Waals surface area contributed by atoms with E-state index in [1.54, 1.807) is 32.2 Å². The van der Waals surface area contributed by atoms with E-state index in [0.717, 1.165) is 11.3 Å². The number of hydrogen-bond donors (Lipinski definition) is 3. The fourth-order valence-corrected chi connectivity index (χ4v) is 2.51. The number of phenols is 1. The van der Waals surface area contributed by atoms with Gasteiger partial charge in [0.25, 0.3) is 5.91 Å². The summed E-state index contributed by atoms with van der Waals surface area (Å²) in [5, 5.41) is 20.6. The molecule has 1 amide bonds. The molecule has 0 atom stereocenters. The maximum Gasteiger partial charge on any atom is 0.289 e. The number of aromatic amines is 1. The molecule has 8 heteroatoms. The molecule has 1 aromatic heterocycles. The fraction of sp³-hybridized carbons (Fsp3) is 0.150. The first-order chi connectivity index (χ1) is 13.5. The summed E-state index contributed by atoms with van der Waals surface area (Å²) >= 11 is 0. The van der Waals surface area contributed by atoms with E-state index in [1.165, 1.54) is 13.2 Å². The van der Waals surface area contributed by atoms with Crippen LogP contribution in [0, 0.1) is 0 Å². The number of methoxy groups -OCH3 is 2. The lowest BCUT2D eigenvalue weighted by atomic mass is 10.1. The minimum absolute atomic E-state index is 0.0339. The van der Waals surface area contributed by atoms with Crippen molar-refractivity contribution >= 4 is 11.6 Å². The summed E-state index contributed by atoms with van der Waals surface area (Å²) in [6, 6.07) is 13.8. The van der Waals surface area contributed by atoms with Crippen LogP contribution >= 0.6 is 0 Å². The molecule has 0 saturated heterocycles. The smallest absolute Gasteiger partial charge is 0.289 e. The number of H-pyrrole nitrogens is 1. The second kappa shape index (κ2) is 8.26. The van der Waals surface area contributed by atoms with Crippen LogP contribution in [0.1, 0.15) is 23.0 Å². The van der Waals surface area contributed by atoms with E-state index in [1.807, 2.05) is 24.3 Å². The largest absolute Gasteiger partial charge is 0.504 e. The van der Waals surface area contributed by atoms with Crippen molar-refractivity contribution < 1.29 is 19.4 Å². The number of carbonyl (C=O) groups is 1. The van der Waals surface area contributed by atoms with E-state index in [2.05, 4.69) is 20.7 Å². The number of ether oxygens (including phenoxy) is 2. The number of aromatic hydroxyl groups is 1. The molecule has 144 valence electrons. The first kappa shape index (κ1) is 19.0. The molecule has 3 N–H and O–H groups in total. The summed E-state index contributed by atoms with van der Waals surface area (Å²) in [6.45, 7) is 1.74. The van der Waals surface area contributed by atoms with Crippen molar-refractivity contribution in [1.82, 2.24) is 15.6 Å². The first-order valence-corrected chi connectivity index (χ1v) is 8.43. The Labute approximate surface area is 161 Å². The van der Waals surface area contributed by atoms with Crippen LogP contribution in [0.5, 0.6) is 17.2 Å². The number of amides is 1. The maximum absolute atomic E-state index is 12.3. The zero-order valence-corrected chi connectivity index (χ0v) is 15.7. The Hall–Kier alpha value is -3.81. The van der Waals surface area contributed by atoms with Crippen molar-refractivity contribution in [2.24, 2.45) is 5.10 Å². The summed E-state index contributed by atoms with van der Waals surface area (Å²) in [5.41, 5.74) is 5.52. The Bertz CT molecular complexity index is 1010. The average molecular weight is 380 g/mol. The van der Waals surface area contributed by atoms with Gasteiger partial charge in [-0.1, -0.05) is 0 Å². The van der Waals surface area contributed by atoms with E-state index in [0.29, 0.717) is 22.7 Å². The number of hydrazone groups is 1. The van der Waals surface area contributed by atoms with Gasteiger partial charge in [0, 0.05) is 11.1 Å². The number of rotatable bonds is 6. The van der Waals surface area contributed by atoms with Crippen LogP contribution in [-0.2, 0) is 0 Å². The summed E-state index contributed by atoms with van der Waals surface area (Å²) in [6.07, 6.45) is 0. The number of nitrogens with one attached hydrogen (secondary N) is 2. The van der Waals surface area contributed by atoms with Gasteiger partial charge in [-0.2, -0.15) is 10.2 Å². The van der Waals surface area contributed by atoms with Crippen molar-refractivity contribution in [1.29, 1.82) is 0 Å². The second-order valence-corrected chi connectivity index (χ2v) is 5.92. The molecule has 0 fully saturated rings. The van der Waals surface area contributed by atoms with Crippen molar-refractivity contribution in [3.05, 3.63) is 59.8 Å². The standard InChI is InChI=1S/C20H20N4O4/c1-12(14-6-9-18(25)19(10-14)28-3)21-24-20(26)17-11-16(22-23-17)13-4-7-15(27-2)8-5-13/h4-11,25H,1-3H3,(H,22,23)(H,24,26)/b21-12-. The summed E-state index contributed by atoms with van der Waals surface area (Å²) < 4.78 is 10.2. The van der Waals surface area contributed by atoms with E-state index < -0.39 is 5.91 Å². The Morgan fingerprint density at radius 2 is 1.86 bits per heavy atom. The fourth-order valence-electron chi connectivity index (χ4n) is 2.51. The van der Waals surface area contributed by atoms with Crippen LogP contribution in [0.25, 0.3) is 11.3 Å². The first-order valence-electron chi connectivity index (χ1n) is 8.43. The molecule has 0 radical (unpaired) electrons. The molecule has 1 heterocycles. The van der Waals surface area contributed by atoms with Crippen LogP contribution in [0.2, 0.25) is 0 Å². The third kappa shape index (κ3) is 4.12. The Balaban J connectivity index is 1.71. The van der Waals surface area contributed by atoms with E-state index >= 15 is 0 Å². The molecule has 2 aromatic carbocycles. The molecule has 0 bridgehead atoms. The highest BCUT2D eigenvalue weighted by Gasteiger charge is 2.11. The number of hydrogen-bond acceptors (Lipinski definition) is 6. The second-order valence-electron chi connectivity index (χ2n) is 5.92. The number of benzene rings is 2. The maximum atomic E-state index is 12.3. The minimum Gasteiger partial charge on any atom is -0.504 e. The lowest BCUT2D eigenvalue weighted by molar-refractivity contribution is 0.0950. The van der Waals surface area contributed by atoms with Gasteiger partial charge in [0.2, 0.25) is 0 Å². The van der Waals surface area contributed by atoms with Crippen molar-refractivity contribution in [3.63, 3.8) is 0 Å². The zero-order valence-electron chi connectivity index (χ0n) is 15.7. The highest BCUT2D eigenvalue weighted by molar-refractivity contribution is 6.01. The average Bonchev–Trinajstić information content (AvgIpc) is 3.22. The van der Waals surface area contributed by atoms with Gasteiger partial charge in [0.1, 0.15) is 11.4 Å². The van der Waals surface area contributed by atoms with Gasteiger partial charge in [-0.25, -0.2) is 5.43 Å². The van der Waals surface area contributed by atoms with Crippen LogP contribution < -0.4 is 14.9 Å². The molecule has 0 unspecified atom stereocenters. The van der Waals surface area contributed by atoms with Gasteiger partial charge >= 0.3 is 0 Å². The van der Waals surface area contributed by atoms with Gasteiger partial charge in [-0.15, -0.1) is 0 Å². The highest BCUT2D eigenvalue weighted by Crippen LogP contribution is 2.26. The molecule has 0 aliphatic carbocycles. The number of phenolic OH excluding ortho intramolecular Hbond substituents is 1. The Morgan fingerprint density at radius 1 is 1.11 bits per heavy atom. The minimum atomic E-state index is -0.419. The molecule has 28 heavy (non-hydrogen) atoms. The highest BCUT2D eigenvalue weighted by atomic mass is 16.5. The SMILES string of the molecule is COc1ccc(-c2cc(C(=O)N/N=C(/C)c3ccc(O)c(OC)c3)[nH]n2)cc1. The quantitative estimate of drug-likeness (QED) is 0.450. The molecular weight excluding hydrogens is 360 g/mol. The Morgan fingerprint density at radius 3 is 2.54 bits per heavy atom. The topological polar surface area (TPSA) is 109 Å². The van der Waals surface area contributed by atoms with Gasteiger partial charge < -0.3 is 14.6 Å². The monoisotopic (exact) mass is 380 g/mol. The van der Waals surface area contributed by atoms with Crippen LogP contribution in [-0.4, -0.2) is 41.1 Å². The summed E-state index contributed by atoms with van der Waals surface area (Å²) in [5.74, 6) is 0.688. The normalized spacial score (nSPS) is 11.2. The van der Waals surface area contributed by atoms with E-state index in [9.17, 15) is 9.90 Å². The van der Waals surface area contributed by atoms with Crippen molar-refractivity contribution in [2.45, 2.75) is 6.92 Å². The van der Waals surface area contributed by atoms with Crippen LogP contribution in [0.3, 0.4) is 0 Å². The molecule has 0 aliphatic heterocycles. The summed E-state index contributed by atoms with van der Waals surface area (Å²) in [4.78, 5) is 12.3. The molecule has 3 rings (SSSR count). The molecule has 0 saturated carbocycles. The van der Waals surface area contributed by atoms with E-state index in [-0.39, 0.29) is 11.4 Å². The van der Waals surface area contributed by atoms with Gasteiger partial charge in [-0.3, -0.25) is 9.89 Å². The Kier molecular flexibility index (Phi) is 5.59. The van der Waals surface area contributed by atoms with Gasteiger partial charge in [-0.05, 0) is 55.5 Å². The third-order valence-corrected chi connectivity index (χ3v) is 4.13. The third-order valence-electron chi connectivity index (χ3n) is 4.13. The molecule has 3 aromatic rings. The predicted molar refractivity (Wildman–Crippen MR) is 105 cm³/mol. The lowest BCUT2D eigenvalue weighted by Crippen LogP contribution is -2.19. The van der Waals surface area contributed by atoms with Crippen molar-refractivity contribution in [2.75, 3.05) is 14.2 Å². The number of carbonyl (C=O) groups excluding carboxylic acids is 1. The number of aromatic nitrogens is 2. The summed E-state index contributed by atoms with van der Waals surface area (Å²) in [7, 11) is 3.06. The number of nitrogens with zero attached hydrogens (tertiary/aromatic N) is 2. The van der Waals surface area contributed by atoms with Crippen molar-refractivity contribution in [3.8, 4) is 28.5 Å².